The van der Waals surface area contributed by atoms with Gasteiger partial charge in [0.25, 0.3) is 0 Å². The van der Waals surface area contributed by atoms with Gasteiger partial charge in [-0.3, -0.25) is 0 Å². The van der Waals surface area contributed by atoms with Crippen LogP contribution in [0.15, 0.2) is 12.1 Å². The molecular weight excluding hydrogens is 192 g/mol. The molecule has 2 nitrogen and oxygen atoms in total. The molecule has 1 aromatic heterocycles. The number of nitriles is 1. The van der Waals surface area contributed by atoms with Crippen LogP contribution in [0, 0.1) is 11.3 Å². The molecule has 0 atom stereocenters. The quantitative estimate of drug-likeness (QED) is 0.759. The van der Waals surface area contributed by atoms with Crippen molar-refractivity contribution in [2.45, 2.75) is 12.8 Å². The Labute approximate surface area is 80.8 Å². The second-order valence-electron chi connectivity index (χ2n) is 2.29. The van der Waals surface area contributed by atoms with Gasteiger partial charge in [0, 0.05) is 13.0 Å². The number of nitrogens with one attached hydrogen (secondary N) is 1. The van der Waals surface area contributed by atoms with E-state index in [-0.39, 0.29) is 0 Å². The monoisotopic (exact) mass is 200 g/mol. The molecule has 0 aromatic carbocycles. The number of nitrogens with zero attached hydrogens (tertiary/aromatic N) is 1. The molecule has 0 radical (unpaired) electrons. The molecule has 0 spiro atoms. The molecule has 0 fully saturated rings. The van der Waals surface area contributed by atoms with Gasteiger partial charge in [0.15, 0.2) is 0 Å². The van der Waals surface area contributed by atoms with E-state index in [1.165, 1.54) is 11.3 Å². The van der Waals surface area contributed by atoms with Crippen molar-refractivity contribution in [3.8, 4) is 6.07 Å². The van der Waals surface area contributed by atoms with Gasteiger partial charge in [-0.25, -0.2) is 0 Å². The van der Waals surface area contributed by atoms with Crippen LogP contribution in [0.2, 0.25) is 4.34 Å². The third-order valence-corrected chi connectivity index (χ3v) is 2.53. The highest BCUT2D eigenvalue weighted by Gasteiger charge is 1.95. The minimum Gasteiger partial charge on any atom is -0.377 e. The maximum absolute atomic E-state index is 8.27. The predicted octanol–water partition coefficient (Wildman–Crippen LogP) is 3.12. The molecule has 0 aliphatic heterocycles. The first-order valence-electron chi connectivity index (χ1n) is 3.69. The summed E-state index contributed by atoms with van der Waals surface area (Å²) in [5, 5.41) is 12.5. The summed E-state index contributed by atoms with van der Waals surface area (Å²) in [5.74, 6) is 0. The van der Waals surface area contributed by atoms with Gasteiger partial charge in [-0.05, 0) is 18.6 Å². The zero-order valence-corrected chi connectivity index (χ0v) is 8.08. The van der Waals surface area contributed by atoms with E-state index in [1.807, 2.05) is 12.1 Å². The molecule has 0 unspecified atom stereocenters. The van der Waals surface area contributed by atoms with E-state index in [0.717, 1.165) is 22.3 Å². The molecule has 1 N–H and O–H groups in total. The summed E-state index contributed by atoms with van der Waals surface area (Å²) in [6.07, 6.45) is 1.48. The van der Waals surface area contributed by atoms with Crippen LogP contribution in [0.3, 0.4) is 0 Å². The summed E-state index contributed by atoms with van der Waals surface area (Å²) < 4.78 is 0.790. The Morgan fingerprint density at radius 3 is 3.00 bits per heavy atom. The molecule has 1 aromatic rings. The molecule has 0 amide bonds. The van der Waals surface area contributed by atoms with E-state index in [9.17, 15) is 0 Å². The van der Waals surface area contributed by atoms with Gasteiger partial charge in [-0.2, -0.15) is 5.26 Å². The fraction of sp³-hybridized carbons (Fsp3) is 0.375. The second-order valence-corrected chi connectivity index (χ2v) is 4.01. The zero-order valence-electron chi connectivity index (χ0n) is 6.51. The molecule has 0 saturated carbocycles. The van der Waals surface area contributed by atoms with Crippen molar-refractivity contribution >= 4 is 27.9 Å². The van der Waals surface area contributed by atoms with Crippen molar-refractivity contribution in [1.29, 1.82) is 5.26 Å². The summed E-state index contributed by atoms with van der Waals surface area (Å²) >= 11 is 7.24. The SMILES string of the molecule is N#CCCCNc1ccc(Cl)s1. The molecule has 1 rings (SSSR count). The zero-order chi connectivity index (χ0) is 8.81. The van der Waals surface area contributed by atoms with E-state index >= 15 is 0 Å². The smallest absolute Gasteiger partial charge is 0.0950 e. The van der Waals surface area contributed by atoms with Crippen LogP contribution in [-0.4, -0.2) is 6.54 Å². The molecule has 0 aliphatic rings. The van der Waals surface area contributed by atoms with Gasteiger partial charge in [0.05, 0.1) is 15.4 Å². The van der Waals surface area contributed by atoms with Crippen molar-refractivity contribution in [2.24, 2.45) is 0 Å². The minimum absolute atomic E-state index is 0.603. The lowest BCUT2D eigenvalue weighted by Crippen LogP contribution is -1.98. The van der Waals surface area contributed by atoms with Crippen molar-refractivity contribution in [3.63, 3.8) is 0 Å². The number of anilines is 1. The first kappa shape index (κ1) is 9.37. The third kappa shape index (κ3) is 3.12. The van der Waals surface area contributed by atoms with Crippen LogP contribution in [0.5, 0.6) is 0 Å². The van der Waals surface area contributed by atoms with E-state index in [4.69, 9.17) is 16.9 Å². The summed E-state index contributed by atoms with van der Waals surface area (Å²) in [5.41, 5.74) is 0. The maximum atomic E-state index is 8.27. The van der Waals surface area contributed by atoms with Crippen LogP contribution in [-0.2, 0) is 0 Å². The number of hydrogen-bond acceptors (Lipinski definition) is 3. The van der Waals surface area contributed by atoms with Crippen molar-refractivity contribution in [2.75, 3.05) is 11.9 Å². The number of thiophene rings is 1. The van der Waals surface area contributed by atoms with Gasteiger partial charge in [-0.15, -0.1) is 11.3 Å². The van der Waals surface area contributed by atoms with E-state index < -0.39 is 0 Å². The van der Waals surface area contributed by atoms with Crippen LogP contribution in [0.1, 0.15) is 12.8 Å². The average Bonchev–Trinajstić information content (AvgIpc) is 2.45. The fourth-order valence-electron chi connectivity index (χ4n) is 0.788. The lowest BCUT2D eigenvalue weighted by molar-refractivity contribution is 0.900. The molecule has 0 saturated heterocycles. The summed E-state index contributed by atoms with van der Waals surface area (Å²) in [4.78, 5) is 0. The summed E-state index contributed by atoms with van der Waals surface area (Å²) in [7, 11) is 0. The highest BCUT2D eigenvalue weighted by molar-refractivity contribution is 7.19. The maximum Gasteiger partial charge on any atom is 0.0950 e. The fourth-order valence-corrected chi connectivity index (χ4v) is 1.76. The van der Waals surface area contributed by atoms with Crippen molar-refractivity contribution in [3.05, 3.63) is 16.5 Å². The van der Waals surface area contributed by atoms with E-state index in [0.29, 0.717) is 6.42 Å². The number of halogens is 1. The third-order valence-electron chi connectivity index (χ3n) is 1.34. The molecule has 12 heavy (non-hydrogen) atoms. The Balaban J connectivity index is 2.21. The van der Waals surface area contributed by atoms with E-state index in [1.54, 1.807) is 0 Å². The highest BCUT2D eigenvalue weighted by Crippen LogP contribution is 2.25. The van der Waals surface area contributed by atoms with Gasteiger partial charge in [-0.1, -0.05) is 11.6 Å². The largest absolute Gasteiger partial charge is 0.377 e. The Morgan fingerprint density at radius 2 is 2.42 bits per heavy atom. The normalized spacial score (nSPS) is 9.33. The number of rotatable bonds is 4. The standard InChI is InChI=1S/C8H9ClN2S/c9-7-3-4-8(12-7)11-6-2-1-5-10/h3-4,11H,1-2,6H2. The van der Waals surface area contributed by atoms with Crippen LogP contribution in [0.25, 0.3) is 0 Å². The Hall–Kier alpha value is -0.720. The molecule has 0 aliphatic carbocycles. The second kappa shape index (κ2) is 5.02. The lowest BCUT2D eigenvalue weighted by atomic mass is 10.3. The Bertz CT molecular complexity index is 277. The minimum atomic E-state index is 0.603. The number of unbranched alkanes of at least 4 members (excludes halogenated alkanes) is 1. The predicted molar refractivity (Wildman–Crippen MR) is 52.7 cm³/mol. The summed E-state index contributed by atoms with van der Waals surface area (Å²) in [6.45, 7) is 0.838. The number of hydrogen-bond donors (Lipinski definition) is 1. The average molecular weight is 201 g/mol. The van der Waals surface area contributed by atoms with Gasteiger partial charge < -0.3 is 5.32 Å². The molecule has 4 heteroatoms. The summed E-state index contributed by atoms with van der Waals surface area (Å²) in [6, 6.07) is 5.90. The van der Waals surface area contributed by atoms with Gasteiger partial charge in [0.1, 0.15) is 0 Å². The van der Waals surface area contributed by atoms with Crippen LogP contribution >= 0.6 is 22.9 Å². The molecular formula is C8H9ClN2S. The van der Waals surface area contributed by atoms with Crippen molar-refractivity contribution < 1.29 is 0 Å². The van der Waals surface area contributed by atoms with Crippen LogP contribution in [0.4, 0.5) is 5.00 Å². The van der Waals surface area contributed by atoms with Crippen LogP contribution < -0.4 is 5.32 Å². The topological polar surface area (TPSA) is 35.8 Å². The van der Waals surface area contributed by atoms with E-state index in [2.05, 4.69) is 11.4 Å². The first-order chi connectivity index (χ1) is 5.83. The van der Waals surface area contributed by atoms with Gasteiger partial charge >= 0.3 is 0 Å². The molecule has 1 heterocycles. The van der Waals surface area contributed by atoms with Gasteiger partial charge in [0.2, 0.25) is 0 Å². The lowest BCUT2D eigenvalue weighted by Gasteiger charge is -1.98. The van der Waals surface area contributed by atoms with Crippen molar-refractivity contribution in [1.82, 2.24) is 0 Å². The Morgan fingerprint density at radius 1 is 1.58 bits per heavy atom. The highest BCUT2D eigenvalue weighted by atomic mass is 35.5. The molecule has 0 bridgehead atoms. The Kier molecular flexibility index (Phi) is 3.92. The molecule has 64 valence electrons. The first-order valence-corrected chi connectivity index (χ1v) is 4.88.